The normalized spacial score (nSPS) is 31.7. The minimum atomic E-state index is -2.77. The number of hydrogen-bond acceptors (Lipinski definition) is 2. The zero-order chi connectivity index (χ0) is 19.1. The first-order valence-electron chi connectivity index (χ1n) is 9.90. The lowest BCUT2D eigenvalue weighted by Gasteiger charge is -2.39. The fourth-order valence-electron chi connectivity index (χ4n) is 4.98. The van der Waals surface area contributed by atoms with Crippen molar-refractivity contribution in [3.05, 3.63) is 35.9 Å². The fraction of sp³-hybridized carbons (Fsp3) is 0.619. The maximum atomic E-state index is 13.5. The Morgan fingerprint density at radius 2 is 1.89 bits per heavy atom. The molecule has 3 aliphatic rings. The lowest BCUT2D eigenvalue weighted by atomic mass is 9.76. The second-order valence-corrected chi connectivity index (χ2v) is 8.40. The third-order valence-electron chi connectivity index (χ3n) is 6.75. The highest BCUT2D eigenvalue weighted by Crippen LogP contribution is 2.50. The van der Waals surface area contributed by atoms with Gasteiger partial charge in [-0.1, -0.05) is 36.8 Å². The number of benzene rings is 1. The monoisotopic (exact) mass is 376 g/mol. The number of likely N-dealkylation sites (tertiary alicyclic amines) is 1. The Morgan fingerprint density at radius 1 is 1.11 bits per heavy atom. The van der Waals surface area contributed by atoms with Gasteiger partial charge in [-0.2, -0.15) is 0 Å². The summed E-state index contributed by atoms with van der Waals surface area (Å²) in [6, 6.07) is 8.62. The van der Waals surface area contributed by atoms with Crippen LogP contribution in [0.5, 0.6) is 0 Å². The van der Waals surface area contributed by atoms with Crippen molar-refractivity contribution < 1.29 is 18.4 Å². The van der Waals surface area contributed by atoms with Crippen LogP contribution >= 0.6 is 0 Å². The molecule has 2 saturated carbocycles. The third kappa shape index (κ3) is 3.46. The second kappa shape index (κ2) is 6.88. The van der Waals surface area contributed by atoms with Crippen LogP contribution in [0.25, 0.3) is 0 Å². The molecular formula is C21H26F2N2O2. The first kappa shape index (κ1) is 18.4. The van der Waals surface area contributed by atoms with E-state index in [0.717, 1.165) is 31.2 Å². The molecule has 1 spiro atoms. The lowest BCUT2D eigenvalue weighted by molar-refractivity contribution is -0.142. The summed E-state index contributed by atoms with van der Waals surface area (Å²) < 4.78 is 27.1. The molecule has 0 radical (unpaired) electrons. The van der Waals surface area contributed by atoms with Crippen molar-refractivity contribution in [3.63, 3.8) is 0 Å². The molecule has 4 nitrogen and oxygen atoms in total. The molecule has 27 heavy (non-hydrogen) atoms. The molecule has 2 aliphatic carbocycles. The Labute approximate surface area is 158 Å². The predicted molar refractivity (Wildman–Crippen MR) is 97.2 cm³/mol. The van der Waals surface area contributed by atoms with Gasteiger partial charge in [0.15, 0.2) is 0 Å². The van der Waals surface area contributed by atoms with E-state index in [0.29, 0.717) is 25.9 Å². The van der Waals surface area contributed by atoms with E-state index in [1.807, 2.05) is 35.2 Å². The Bertz CT molecular complexity index is 724. The Kier molecular flexibility index (Phi) is 4.68. The third-order valence-corrected chi connectivity index (χ3v) is 6.75. The van der Waals surface area contributed by atoms with E-state index in [1.54, 1.807) is 0 Å². The van der Waals surface area contributed by atoms with E-state index in [2.05, 4.69) is 5.32 Å². The standard InChI is InChI=1S/C21H26F2N2O2/c22-21(23)10-8-17(21)24-19(27)16-7-4-9-20(16)11-12-25(14-20)18(26)13-15-5-2-1-3-6-15/h1-3,5-6,16-17H,4,7-14H2,(H,24,27). The highest BCUT2D eigenvalue weighted by atomic mass is 19.3. The fourth-order valence-corrected chi connectivity index (χ4v) is 4.98. The SMILES string of the molecule is O=C(NC1CCC1(F)F)C1CCCC12CCN(C(=O)Cc1ccccc1)C2. The van der Waals surface area contributed by atoms with Crippen LogP contribution in [0.1, 0.15) is 44.1 Å². The number of carbonyl (C=O) groups excluding carboxylic acids is 2. The summed E-state index contributed by atoms with van der Waals surface area (Å²) in [6.07, 6.45) is 3.89. The molecule has 3 fully saturated rings. The topological polar surface area (TPSA) is 49.4 Å². The van der Waals surface area contributed by atoms with Gasteiger partial charge in [-0.25, -0.2) is 8.78 Å². The molecule has 1 saturated heterocycles. The molecule has 2 amide bonds. The lowest BCUT2D eigenvalue weighted by Crippen LogP contribution is -2.57. The van der Waals surface area contributed by atoms with Gasteiger partial charge in [-0.15, -0.1) is 0 Å². The van der Waals surface area contributed by atoms with Crippen molar-refractivity contribution in [2.75, 3.05) is 13.1 Å². The molecule has 0 aromatic heterocycles. The number of alkyl halides is 2. The Balaban J connectivity index is 1.39. The number of carbonyl (C=O) groups is 2. The highest BCUT2D eigenvalue weighted by molar-refractivity contribution is 5.82. The number of nitrogens with one attached hydrogen (secondary N) is 1. The maximum Gasteiger partial charge on any atom is 0.267 e. The summed E-state index contributed by atoms with van der Waals surface area (Å²) in [4.78, 5) is 27.3. The number of rotatable bonds is 4. The van der Waals surface area contributed by atoms with Gasteiger partial charge in [0.1, 0.15) is 0 Å². The Morgan fingerprint density at radius 3 is 2.56 bits per heavy atom. The first-order chi connectivity index (χ1) is 12.9. The molecule has 0 bridgehead atoms. The minimum Gasteiger partial charge on any atom is -0.347 e. The zero-order valence-electron chi connectivity index (χ0n) is 15.4. The van der Waals surface area contributed by atoms with Crippen molar-refractivity contribution in [1.29, 1.82) is 0 Å². The highest BCUT2D eigenvalue weighted by Gasteiger charge is 2.54. The quantitative estimate of drug-likeness (QED) is 0.878. The van der Waals surface area contributed by atoms with E-state index in [9.17, 15) is 18.4 Å². The molecule has 1 N–H and O–H groups in total. The minimum absolute atomic E-state index is 0.0784. The van der Waals surface area contributed by atoms with Gasteiger partial charge in [0.25, 0.3) is 5.92 Å². The van der Waals surface area contributed by atoms with Crippen LogP contribution in [0.3, 0.4) is 0 Å². The molecular weight excluding hydrogens is 350 g/mol. The van der Waals surface area contributed by atoms with Crippen molar-refractivity contribution >= 4 is 11.8 Å². The predicted octanol–water partition coefficient (Wildman–Crippen LogP) is 3.16. The number of amides is 2. The number of halogens is 2. The van der Waals surface area contributed by atoms with Gasteiger partial charge in [-0.3, -0.25) is 9.59 Å². The van der Waals surface area contributed by atoms with Gasteiger partial charge < -0.3 is 10.2 Å². The van der Waals surface area contributed by atoms with Crippen LogP contribution in [0, 0.1) is 11.3 Å². The van der Waals surface area contributed by atoms with E-state index in [-0.39, 0.29) is 29.6 Å². The zero-order valence-corrected chi connectivity index (χ0v) is 15.4. The average Bonchev–Trinajstić information content (AvgIpc) is 3.27. The molecule has 1 aliphatic heterocycles. The van der Waals surface area contributed by atoms with Crippen LogP contribution in [0.2, 0.25) is 0 Å². The smallest absolute Gasteiger partial charge is 0.267 e. The number of hydrogen-bond donors (Lipinski definition) is 1. The summed E-state index contributed by atoms with van der Waals surface area (Å²) >= 11 is 0. The summed E-state index contributed by atoms with van der Waals surface area (Å²) in [5.74, 6) is -3.19. The summed E-state index contributed by atoms with van der Waals surface area (Å²) in [5, 5.41) is 2.59. The van der Waals surface area contributed by atoms with E-state index in [1.165, 1.54) is 0 Å². The Hall–Kier alpha value is -1.98. The van der Waals surface area contributed by atoms with Gasteiger partial charge in [0.2, 0.25) is 11.8 Å². The summed E-state index contributed by atoms with van der Waals surface area (Å²) in [7, 11) is 0. The second-order valence-electron chi connectivity index (χ2n) is 8.40. The molecule has 4 rings (SSSR count). The summed E-state index contributed by atoms with van der Waals surface area (Å²) in [5.41, 5.74) is 0.742. The molecule has 1 aromatic rings. The van der Waals surface area contributed by atoms with E-state index >= 15 is 0 Å². The molecule has 146 valence electrons. The molecule has 1 heterocycles. The first-order valence-corrected chi connectivity index (χ1v) is 9.90. The van der Waals surface area contributed by atoms with Gasteiger partial charge >= 0.3 is 0 Å². The largest absolute Gasteiger partial charge is 0.347 e. The van der Waals surface area contributed by atoms with Crippen LogP contribution in [0.15, 0.2) is 30.3 Å². The van der Waals surface area contributed by atoms with Gasteiger partial charge in [0.05, 0.1) is 12.5 Å². The van der Waals surface area contributed by atoms with Crippen LogP contribution in [-0.2, 0) is 16.0 Å². The summed E-state index contributed by atoms with van der Waals surface area (Å²) in [6.45, 7) is 1.22. The van der Waals surface area contributed by atoms with Crippen molar-refractivity contribution in [3.8, 4) is 0 Å². The molecule has 1 aromatic carbocycles. The molecule has 3 atom stereocenters. The van der Waals surface area contributed by atoms with Crippen molar-refractivity contribution in [2.24, 2.45) is 11.3 Å². The van der Waals surface area contributed by atoms with E-state index < -0.39 is 12.0 Å². The van der Waals surface area contributed by atoms with Crippen LogP contribution < -0.4 is 5.32 Å². The number of nitrogens with zero attached hydrogens (tertiary/aromatic N) is 1. The van der Waals surface area contributed by atoms with Gasteiger partial charge in [0, 0.05) is 30.8 Å². The molecule has 6 heteroatoms. The van der Waals surface area contributed by atoms with Crippen LogP contribution in [-0.4, -0.2) is 41.8 Å². The maximum absolute atomic E-state index is 13.5. The van der Waals surface area contributed by atoms with Crippen molar-refractivity contribution in [2.45, 2.75) is 56.9 Å². The van der Waals surface area contributed by atoms with Crippen LogP contribution in [0.4, 0.5) is 8.78 Å². The van der Waals surface area contributed by atoms with Crippen molar-refractivity contribution in [1.82, 2.24) is 10.2 Å². The van der Waals surface area contributed by atoms with E-state index in [4.69, 9.17) is 0 Å². The van der Waals surface area contributed by atoms with Gasteiger partial charge in [-0.05, 0) is 31.2 Å². The molecule has 3 unspecified atom stereocenters. The average molecular weight is 376 g/mol.